The predicted octanol–water partition coefficient (Wildman–Crippen LogP) is 4.53. The van der Waals surface area contributed by atoms with Crippen molar-refractivity contribution in [3.8, 4) is 0 Å². The molecule has 4 rings (SSSR count). The minimum atomic E-state index is -0.857. The molecule has 4 nitrogen and oxygen atoms in total. The topological polar surface area (TPSA) is 59.2 Å². The van der Waals surface area contributed by atoms with Gasteiger partial charge < -0.3 is 9.72 Å². The van der Waals surface area contributed by atoms with E-state index < -0.39 is 6.10 Å². The van der Waals surface area contributed by atoms with E-state index in [0.717, 1.165) is 22.2 Å². The highest BCUT2D eigenvalue weighted by atomic mass is 19.1. The van der Waals surface area contributed by atoms with Crippen LogP contribution >= 0.6 is 0 Å². The van der Waals surface area contributed by atoms with Crippen LogP contribution in [0.15, 0.2) is 48.5 Å². The van der Waals surface area contributed by atoms with Crippen LogP contribution in [0.1, 0.15) is 40.9 Å². The second kappa shape index (κ2) is 6.65. The van der Waals surface area contributed by atoms with Gasteiger partial charge in [0.1, 0.15) is 5.82 Å². The Morgan fingerprint density at radius 2 is 1.85 bits per heavy atom. The Bertz CT molecular complexity index is 1020. The van der Waals surface area contributed by atoms with Crippen molar-refractivity contribution in [3.63, 3.8) is 0 Å². The Labute approximate surface area is 156 Å². The second-order valence-corrected chi connectivity index (χ2v) is 7.11. The predicted molar refractivity (Wildman–Crippen MR) is 100 cm³/mol. The van der Waals surface area contributed by atoms with Crippen LogP contribution in [0.5, 0.6) is 0 Å². The highest BCUT2D eigenvalue weighted by molar-refractivity contribution is 6.11. The number of Topliss-reactive ketones (excluding diaryl/α,β-unsaturated/α-hetero) is 1. The maximum atomic E-state index is 13.0. The van der Waals surface area contributed by atoms with E-state index >= 15 is 0 Å². The number of H-pyrrole nitrogens is 1. The maximum Gasteiger partial charge on any atom is 0.310 e. The highest BCUT2D eigenvalue weighted by Crippen LogP contribution is 2.48. The third-order valence-corrected chi connectivity index (χ3v) is 5.19. The van der Waals surface area contributed by atoms with Crippen molar-refractivity contribution in [1.29, 1.82) is 0 Å². The summed E-state index contributed by atoms with van der Waals surface area (Å²) in [7, 11) is 0. The number of benzene rings is 2. The molecule has 0 amide bonds. The number of ether oxygens (including phenoxy) is 1. The molecule has 2 aromatic carbocycles. The summed E-state index contributed by atoms with van der Waals surface area (Å²) in [5, 5.41) is 0.832. The molecule has 138 valence electrons. The van der Waals surface area contributed by atoms with Gasteiger partial charge in [-0.05, 0) is 49.9 Å². The number of ketones is 1. The Kier molecular flexibility index (Phi) is 4.30. The zero-order valence-corrected chi connectivity index (χ0v) is 15.2. The van der Waals surface area contributed by atoms with E-state index in [-0.39, 0.29) is 29.4 Å². The zero-order chi connectivity index (χ0) is 19.1. The molecule has 0 bridgehead atoms. The highest BCUT2D eigenvalue weighted by Gasteiger charge is 2.46. The van der Waals surface area contributed by atoms with E-state index in [1.54, 1.807) is 19.1 Å². The van der Waals surface area contributed by atoms with Crippen LogP contribution in [0.4, 0.5) is 4.39 Å². The molecule has 1 aliphatic carbocycles. The Balaban J connectivity index is 1.45. The number of aromatic nitrogens is 1. The van der Waals surface area contributed by atoms with Crippen LogP contribution in [0.2, 0.25) is 0 Å². The second-order valence-electron chi connectivity index (χ2n) is 7.11. The van der Waals surface area contributed by atoms with Crippen molar-refractivity contribution in [3.05, 3.63) is 71.2 Å². The first kappa shape index (κ1) is 17.5. The lowest BCUT2D eigenvalue weighted by molar-refractivity contribution is -0.148. The number of carbonyl (C=O) groups is 2. The Morgan fingerprint density at radius 3 is 2.59 bits per heavy atom. The van der Waals surface area contributed by atoms with Crippen LogP contribution in [0.25, 0.3) is 10.9 Å². The number of esters is 1. The molecular formula is C22H20FNO3. The standard InChI is InChI=1S/C22H20FNO3/c1-12-20(16-5-3-4-6-19(16)24-12)21(25)13(2)27-22(26)18-11-17(18)14-7-9-15(23)10-8-14/h3-10,13,17-18,24H,11H2,1-2H3. The van der Waals surface area contributed by atoms with Gasteiger partial charge in [-0.25, -0.2) is 4.39 Å². The molecule has 0 saturated heterocycles. The summed E-state index contributed by atoms with van der Waals surface area (Å²) >= 11 is 0. The molecule has 1 saturated carbocycles. The maximum absolute atomic E-state index is 13.0. The van der Waals surface area contributed by atoms with E-state index in [2.05, 4.69) is 4.98 Å². The molecule has 27 heavy (non-hydrogen) atoms. The minimum absolute atomic E-state index is 0.0372. The zero-order valence-electron chi connectivity index (χ0n) is 15.2. The number of aromatic amines is 1. The number of fused-ring (bicyclic) bond motifs is 1. The van der Waals surface area contributed by atoms with Gasteiger partial charge >= 0.3 is 5.97 Å². The lowest BCUT2D eigenvalue weighted by atomic mass is 10.0. The number of halogens is 1. The first-order valence-corrected chi connectivity index (χ1v) is 9.03. The third kappa shape index (κ3) is 3.25. The van der Waals surface area contributed by atoms with Crippen molar-refractivity contribution < 1.29 is 18.7 Å². The van der Waals surface area contributed by atoms with Gasteiger partial charge in [0, 0.05) is 22.2 Å². The van der Waals surface area contributed by atoms with Crippen LogP contribution in [0, 0.1) is 18.7 Å². The van der Waals surface area contributed by atoms with Gasteiger partial charge in [0.25, 0.3) is 0 Å². The number of hydrogen-bond donors (Lipinski definition) is 1. The van der Waals surface area contributed by atoms with Gasteiger partial charge in [-0.3, -0.25) is 9.59 Å². The van der Waals surface area contributed by atoms with Gasteiger partial charge in [-0.15, -0.1) is 0 Å². The first-order chi connectivity index (χ1) is 13.0. The fraction of sp³-hybridized carbons (Fsp3) is 0.273. The molecular weight excluding hydrogens is 345 g/mol. The normalized spacial score (nSPS) is 19.7. The quantitative estimate of drug-likeness (QED) is 0.534. The lowest BCUT2D eigenvalue weighted by Gasteiger charge is -2.13. The number of hydrogen-bond acceptors (Lipinski definition) is 3. The fourth-order valence-electron chi connectivity index (χ4n) is 3.65. The smallest absolute Gasteiger partial charge is 0.310 e. The number of rotatable bonds is 5. The third-order valence-electron chi connectivity index (χ3n) is 5.19. The molecule has 1 fully saturated rings. The lowest BCUT2D eigenvalue weighted by Crippen LogP contribution is -2.25. The Hall–Kier alpha value is -2.95. The molecule has 3 unspecified atom stereocenters. The summed E-state index contributed by atoms with van der Waals surface area (Å²) in [6.45, 7) is 3.45. The molecule has 1 N–H and O–H groups in total. The van der Waals surface area contributed by atoms with Crippen molar-refractivity contribution >= 4 is 22.7 Å². The van der Waals surface area contributed by atoms with E-state index in [9.17, 15) is 14.0 Å². The van der Waals surface area contributed by atoms with Crippen LogP contribution in [-0.4, -0.2) is 22.8 Å². The molecule has 1 heterocycles. The molecule has 5 heteroatoms. The van der Waals surface area contributed by atoms with Crippen LogP contribution < -0.4 is 0 Å². The van der Waals surface area contributed by atoms with Crippen molar-refractivity contribution in [1.82, 2.24) is 4.98 Å². The molecule has 0 aliphatic heterocycles. The van der Waals surface area contributed by atoms with Crippen LogP contribution in [-0.2, 0) is 9.53 Å². The summed E-state index contributed by atoms with van der Waals surface area (Å²) in [4.78, 5) is 28.5. The summed E-state index contributed by atoms with van der Waals surface area (Å²) in [6, 6.07) is 13.7. The SMILES string of the molecule is Cc1[nH]c2ccccc2c1C(=O)C(C)OC(=O)C1CC1c1ccc(F)cc1. The molecule has 3 atom stereocenters. The molecule has 1 aromatic heterocycles. The summed E-state index contributed by atoms with van der Waals surface area (Å²) in [6.07, 6.45) is -0.192. The molecule has 3 aromatic rings. The summed E-state index contributed by atoms with van der Waals surface area (Å²) in [5.74, 6) is -1.11. The number of para-hydroxylation sites is 1. The van der Waals surface area contributed by atoms with Gasteiger partial charge in [-0.2, -0.15) is 0 Å². The number of carbonyl (C=O) groups excluding carboxylic acids is 2. The first-order valence-electron chi connectivity index (χ1n) is 9.03. The van der Waals surface area contributed by atoms with E-state index in [1.807, 2.05) is 31.2 Å². The van der Waals surface area contributed by atoms with Gasteiger partial charge in [0.05, 0.1) is 5.92 Å². The van der Waals surface area contributed by atoms with Crippen molar-refractivity contribution in [2.24, 2.45) is 5.92 Å². The molecule has 0 radical (unpaired) electrons. The van der Waals surface area contributed by atoms with Gasteiger partial charge in [0.2, 0.25) is 5.78 Å². The van der Waals surface area contributed by atoms with Crippen LogP contribution in [0.3, 0.4) is 0 Å². The average molecular weight is 365 g/mol. The van der Waals surface area contributed by atoms with Crippen molar-refractivity contribution in [2.45, 2.75) is 32.3 Å². The largest absolute Gasteiger partial charge is 0.454 e. The van der Waals surface area contributed by atoms with Gasteiger partial charge in [0.15, 0.2) is 6.10 Å². The van der Waals surface area contributed by atoms with E-state index in [4.69, 9.17) is 4.74 Å². The number of nitrogens with one attached hydrogen (secondary N) is 1. The summed E-state index contributed by atoms with van der Waals surface area (Å²) < 4.78 is 18.5. The Morgan fingerprint density at radius 1 is 1.15 bits per heavy atom. The van der Waals surface area contributed by atoms with E-state index in [1.165, 1.54) is 12.1 Å². The fourth-order valence-corrected chi connectivity index (χ4v) is 3.65. The van der Waals surface area contributed by atoms with Crippen molar-refractivity contribution in [2.75, 3.05) is 0 Å². The number of aryl methyl sites for hydroxylation is 1. The van der Waals surface area contributed by atoms with E-state index in [0.29, 0.717) is 12.0 Å². The molecule has 0 spiro atoms. The average Bonchev–Trinajstić information content (AvgIpc) is 3.38. The van der Waals surface area contributed by atoms with Gasteiger partial charge in [-0.1, -0.05) is 30.3 Å². The summed E-state index contributed by atoms with van der Waals surface area (Å²) in [5.41, 5.74) is 3.14. The minimum Gasteiger partial charge on any atom is -0.454 e. The molecule has 1 aliphatic rings. The monoisotopic (exact) mass is 365 g/mol.